The number of hydrogen-bond donors (Lipinski definition) is 3. The van der Waals surface area contributed by atoms with Crippen LogP contribution in [0.15, 0.2) is 29.3 Å². The van der Waals surface area contributed by atoms with Gasteiger partial charge in [0.1, 0.15) is 0 Å². The van der Waals surface area contributed by atoms with Gasteiger partial charge in [0.25, 0.3) is 5.91 Å². The SMILES string of the molecule is CN=C(NCCNC(=O)c1ccccc1Cl)NCCSC.I. The number of thioether (sulfide) groups is 1. The summed E-state index contributed by atoms with van der Waals surface area (Å²) in [4.78, 5) is 16.0. The largest absolute Gasteiger partial charge is 0.356 e. The van der Waals surface area contributed by atoms with Crippen molar-refractivity contribution in [2.24, 2.45) is 4.99 Å². The molecule has 0 unspecified atom stereocenters. The van der Waals surface area contributed by atoms with E-state index in [0.717, 1.165) is 18.3 Å². The molecular formula is C14H22ClIN4OS. The van der Waals surface area contributed by atoms with E-state index in [1.165, 1.54) is 0 Å². The summed E-state index contributed by atoms with van der Waals surface area (Å²) >= 11 is 7.74. The Labute approximate surface area is 158 Å². The monoisotopic (exact) mass is 456 g/mol. The molecular weight excluding hydrogens is 435 g/mol. The first-order valence-corrected chi connectivity index (χ1v) is 8.42. The lowest BCUT2D eigenvalue weighted by Gasteiger charge is -2.12. The Balaban J connectivity index is 0.00000441. The average molecular weight is 457 g/mol. The van der Waals surface area contributed by atoms with E-state index in [4.69, 9.17) is 11.6 Å². The Bertz CT molecular complexity index is 488. The third-order valence-corrected chi connectivity index (χ3v) is 3.59. The molecule has 5 nitrogen and oxygen atoms in total. The molecule has 0 fully saturated rings. The van der Waals surface area contributed by atoms with Crippen LogP contribution in [0.25, 0.3) is 0 Å². The number of halogens is 2. The molecule has 0 atom stereocenters. The van der Waals surface area contributed by atoms with Crippen LogP contribution >= 0.6 is 47.3 Å². The Morgan fingerprint density at radius 1 is 1.18 bits per heavy atom. The summed E-state index contributed by atoms with van der Waals surface area (Å²) in [6, 6.07) is 6.99. The number of amides is 1. The molecule has 0 aliphatic rings. The fraction of sp³-hybridized carbons (Fsp3) is 0.429. The molecule has 124 valence electrons. The molecule has 1 amide bonds. The van der Waals surface area contributed by atoms with Crippen molar-refractivity contribution in [1.82, 2.24) is 16.0 Å². The van der Waals surface area contributed by atoms with Crippen molar-refractivity contribution < 1.29 is 4.79 Å². The van der Waals surface area contributed by atoms with E-state index in [2.05, 4.69) is 27.2 Å². The van der Waals surface area contributed by atoms with Crippen LogP contribution in [0.3, 0.4) is 0 Å². The Morgan fingerprint density at radius 3 is 2.45 bits per heavy atom. The van der Waals surface area contributed by atoms with Gasteiger partial charge in [-0.25, -0.2) is 0 Å². The van der Waals surface area contributed by atoms with Crippen molar-refractivity contribution >= 4 is 59.2 Å². The van der Waals surface area contributed by atoms with Crippen LogP contribution in [-0.4, -0.2) is 50.6 Å². The zero-order chi connectivity index (χ0) is 15.5. The van der Waals surface area contributed by atoms with Gasteiger partial charge in [0, 0.05) is 32.4 Å². The van der Waals surface area contributed by atoms with Crippen LogP contribution in [0.4, 0.5) is 0 Å². The number of benzene rings is 1. The summed E-state index contributed by atoms with van der Waals surface area (Å²) in [5, 5.41) is 9.58. The maximum Gasteiger partial charge on any atom is 0.252 e. The molecule has 1 aromatic rings. The normalized spacial score (nSPS) is 10.6. The van der Waals surface area contributed by atoms with Crippen LogP contribution in [-0.2, 0) is 0 Å². The predicted octanol–water partition coefficient (Wildman–Crippen LogP) is 2.22. The second kappa shape index (κ2) is 12.8. The van der Waals surface area contributed by atoms with E-state index in [-0.39, 0.29) is 29.9 Å². The molecule has 8 heteroatoms. The molecule has 0 aliphatic heterocycles. The molecule has 22 heavy (non-hydrogen) atoms. The van der Waals surface area contributed by atoms with Crippen molar-refractivity contribution in [1.29, 1.82) is 0 Å². The van der Waals surface area contributed by atoms with Gasteiger partial charge in [0.2, 0.25) is 0 Å². The summed E-state index contributed by atoms with van der Waals surface area (Å²) < 4.78 is 0. The smallest absolute Gasteiger partial charge is 0.252 e. The molecule has 0 radical (unpaired) electrons. The van der Waals surface area contributed by atoms with Crippen LogP contribution in [0.5, 0.6) is 0 Å². The maximum absolute atomic E-state index is 11.9. The lowest BCUT2D eigenvalue weighted by Crippen LogP contribution is -2.42. The van der Waals surface area contributed by atoms with Gasteiger partial charge in [-0.1, -0.05) is 23.7 Å². The lowest BCUT2D eigenvalue weighted by molar-refractivity contribution is 0.0954. The molecule has 0 saturated heterocycles. The highest BCUT2D eigenvalue weighted by Crippen LogP contribution is 2.14. The van der Waals surface area contributed by atoms with Gasteiger partial charge in [-0.3, -0.25) is 9.79 Å². The van der Waals surface area contributed by atoms with Crippen molar-refractivity contribution in [3.05, 3.63) is 34.9 Å². The number of carbonyl (C=O) groups excluding carboxylic acids is 1. The van der Waals surface area contributed by atoms with E-state index in [1.807, 2.05) is 0 Å². The minimum atomic E-state index is -0.173. The van der Waals surface area contributed by atoms with Gasteiger partial charge in [0.05, 0.1) is 10.6 Å². The number of aliphatic imine (C=N–C) groups is 1. The lowest BCUT2D eigenvalue weighted by atomic mass is 10.2. The van der Waals surface area contributed by atoms with Gasteiger partial charge in [-0.15, -0.1) is 24.0 Å². The van der Waals surface area contributed by atoms with Crippen LogP contribution in [0.1, 0.15) is 10.4 Å². The summed E-state index contributed by atoms with van der Waals surface area (Å²) in [6.07, 6.45) is 2.06. The van der Waals surface area contributed by atoms with Gasteiger partial charge < -0.3 is 16.0 Å². The standard InChI is InChI=1S/C14H21ClN4OS.HI/c1-16-14(19-9-10-21-2)18-8-7-17-13(20)11-5-3-4-6-12(11)15;/h3-6H,7-10H2,1-2H3,(H,17,20)(H2,16,18,19);1H. The van der Waals surface area contributed by atoms with Crippen molar-refractivity contribution in [2.75, 3.05) is 38.7 Å². The molecule has 0 bridgehead atoms. The van der Waals surface area contributed by atoms with Gasteiger partial charge in [-0.2, -0.15) is 11.8 Å². The second-order valence-corrected chi connectivity index (χ2v) is 5.55. The van der Waals surface area contributed by atoms with E-state index < -0.39 is 0 Å². The highest BCUT2D eigenvalue weighted by atomic mass is 127. The minimum absolute atomic E-state index is 0. The van der Waals surface area contributed by atoms with Gasteiger partial charge >= 0.3 is 0 Å². The molecule has 0 heterocycles. The third kappa shape index (κ3) is 8.09. The second-order valence-electron chi connectivity index (χ2n) is 4.15. The van der Waals surface area contributed by atoms with Crippen LogP contribution < -0.4 is 16.0 Å². The maximum atomic E-state index is 11.9. The number of nitrogens with zero attached hydrogens (tertiary/aromatic N) is 1. The molecule has 0 aliphatic carbocycles. The first-order valence-electron chi connectivity index (χ1n) is 6.65. The average Bonchev–Trinajstić information content (AvgIpc) is 2.50. The fourth-order valence-electron chi connectivity index (χ4n) is 1.59. The number of guanidine groups is 1. The molecule has 3 N–H and O–H groups in total. The number of carbonyl (C=O) groups is 1. The van der Waals surface area contributed by atoms with Gasteiger partial charge in [0.15, 0.2) is 5.96 Å². The zero-order valence-corrected chi connectivity index (χ0v) is 16.6. The van der Waals surface area contributed by atoms with Crippen LogP contribution in [0, 0.1) is 0 Å². The van der Waals surface area contributed by atoms with Crippen molar-refractivity contribution in [2.45, 2.75) is 0 Å². The van der Waals surface area contributed by atoms with E-state index in [1.54, 1.807) is 43.1 Å². The molecule has 0 saturated carbocycles. The predicted molar refractivity (Wildman–Crippen MR) is 107 cm³/mol. The highest BCUT2D eigenvalue weighted by Gasteiger charge is 2.08. The molecule has 0 spiro atoms. The highest BCUT2D eigenvalue weighted by molar-refractivity contribution is 14.0. The minimum Gasteiger partial charge on any atom is -0.356 e. The summed E-state index contributed by atoms with van der Waals surface area (Å²) in [5.74, 6) is 1.58. The van der Waals surface area contributed by atoms with E-state index >= 15 is 0 Å². The third-order valence-electron chi connectivity index (χ3n) is 2.64. The Kier molecular flexibility index (Phi) is 12.4. The zero-order valence-electron chi connectivity index (χ0n) is 12.7. The number of nitrogens with one attached hydrogen (secondary N) is 3. The summed E-state index contributed by atoms with van der Waals surface area (Å²) in [6.45, 7) is 1.94. The number of rotatable bonds is 7. The topological polar surface area (TPSA) is 65.5 Å². The Morgan fingerprint density at radius 2 is 1.82 bits per heavy atom. The fourth-order valence-corrected chi connectivity index (χ4v) is 2.12. The Hall–Kier alpha value is -0.670. The molecule has 1 aromatic carbocycles. The first kappa shape index (κ1) is 21.3. The molecule has 1 rings (SSSR count). The summed E-state index contributed by atoms with van der Waals surface area (Å²) in [5.41, 5.74) is 0.488. The van der Waals surface area contributed by atoms with Gasteiger partial charge in [-0.05, 0) is 18.4 Å². The quantitative estimate of drug-likeness (QED) is 0.255. The van der Waals surface area contributed by atoms with E-state index in [9.17, 15) is 4.79 Å². The summed E-state index contributed by atoms with van der Waals surface area (Å²) in [7, 11) is 1.72. The van der Waals surface area contributed by atoms with Crippen molar-refractivity contribution in [3.8, 4) is 0 Å². The van der Waals surface area contributed by atoms with E-state index in [0.29, 0.717) is 23.7 Å². The molecule has 0 aromatic heterocycles. The number of hydrogen-bond acceptors (Lipinski definition) is 3. The first-order chi connectivity index (χ1) is 10.2. The van der Waals surface area contributed by atoms with Crippen molar-refractivity contribution in [3.63, 3.8) is 0 Å². The van der Waals surface area contributed by atoms with Crippen LogP contribution in [0.2, 0.25) is 5.02 Å².